The van der Waals surface area contributed by atoms with Gasteiger partial charge in [-0.05, 0) is 25.0 Å². The molecule has 1 aliphatic rings. The van der Waals surface area contributed by atoms with Gasteiger partial charge >= 0.3 is 0 Å². The molecule has 4 nitrogen and oxygen atoms in total. The molecule has 0 aliphatic heterocycles. The molecule has 0 unspecified atom stereocenters. The third-order valence-electron chi connectivity index (χ3n) is 3.31. The molecule has 6 heteroatoms. The summed E-state index contributed by atoms with van der Waals surface area (Å²) in [5, 5.41) is 2.63. The van der Waals surface area contributed by atoms with Gasteiger partial charge < -0.3 is 14.6 Å². The van der Waals surface area contributed by atoms with Crippen molar-refractivity contribution in [3.8, 4) is 0 Å². The van der Waals surface area contributed by atoms with E-state index in [0.717, 1.165) is 24.7 Å². The maximum atomic E-state index is 14.0. The summed E-state index contributed by atoms with van der Waals surface area (Å²) in [7, 11) is 1.56. The molecular weight excluding hydrogens is 264 g/mol. The first-order chi connectivity index (χ1) is 9.69. The highest BCUT2D eigenvalue weighted by Crippen LogP contribution is 2.34. The van der Waals surface area contributed by atoms with Crippen LogP contribution in [0.5, 0.6) is 0 Å². The highest BCUT2D eigenvalue weighted by atomic mass is 19.1. The molecule has 1 aliphatic carbocycles. The first kappa shape index (κ1) is 12.9. The predicted octanol–water partition coefficient (Wildman–Crippen LogP) is 3.16. The SMILES string of the molecule is CNc1nc(N(Cc2ccco2)C2CC2)c(F)cc1F. The minimum Gasteiger partial charge on any atom is -0.467 e. The van der Waals surface area contributed by atoms with Crippen molar-refractivity contribution in [3.63, 3.8) is 0 Å². The summed E-state index contributed by atoms with van der Waals surface area (Å²) in [5.41, 5.74) is 0. The average molecular weight is 279 g/mol. The lowest BCUT2D eigenvalue weighted by molar-refractivity contribution is 0.495. The van der Waals surface area contributed by atoms with Gasteiger partial charge in [-0.15, -0.1) is 0 Å². The molecule has 1 N–H and O–H groups in total. The Labute approximate surface area is 115 Å². The topological polar surface area (TPSA) is 41.3 Å². The lowest BCUT2D eigenvalue weighted by Crippen LogP contribution is -2.27. The van der Waals surface area contributed by atoms with Crippen LogP contribution < -0.4 is 10.2 Å². The minimum atomic E-state index is -0.692. The third-order valence-corrected chi connectivity index (χ3v) is 3.31. The van der Waals surface area contributed by atoms with Crippen LogP contribution in [-0.4, -0.2) is 18.1 Å². The Bertz CT molecular complexity index is 597. The zero-order valence-corrected chi connectivity index (χ0v) is 11.1. The fraction of sp³-hybridized carbons (Fsp3) is 0.357. The van der Waals surface area contributed by atoms with E-state index in [1.807, 2.05) is 11.0 Å². The second kappa shape index (κ2) is 5.11. The van der Waals surface area contributed by atoms with Gasteiger partial charge in [0.05, 0.1) is 12.8 Å². The van der Waals surface area contributed by atoms with Crippen LogP contribution in [0.25, 0.3) is 0 Å². The second-order valence-corrected chi connectivity index (χ2v) is 4.81. The van der Waals surface area contributed by atoms with E-state index in [-0.39, 0.29) is 17.7 Å². The van der Waals surface area contributed by atoms with Crippen LogP contribution in [0.3, 0.4) is 0 Å². The molecule has 0 spiro atoms. The molecule has 0 amide bonds. The average Bonchev–Trinajstić information content (AvgIpc) is 3.14. The Morgan fingerprint density at radius 3 is 2.80 bits per heavy atom. The fourth-order valence-electron chi connectivity index (χ4n) is 2.17. The molecule has 2 heterocycles. The lowest BCUT2D eigenvalue weighted by Gasteiger charge is -2.23. The molecule has 1 saturated carbocycles. The lowest BCUT2D eigenvalue weighted by atomic mass is 10.3. The summed E-state index contributed by atoms with van der Waals surface area (Å²) in [4.78, 5) is 5.88. The standard InChI is InChI=1S/C14H15F2N3O/c1-17-13-11(15)7-12(16)14(18-13)19(9-4-5-9)8-10-3-2-6-20-10/h2-3,6-7,9H,4-5,8H2,1H3,(H,17,18). The van der Waals surface area contributed by atoms with E-state index in [4.69, 9.17) is 4.42 Å². The highest BCUT2D eigenvalue weighted by Gasteiger charge is 2.32. The van der Waals surface area contributed by atoms with E-state index in [9.17, 15) is 8.78 Å². The molecule has 20 heavy (non-hydrogen) atoms. The van der Waals surface area contributed by atoms with Gasteiger partial charge in [0.15, 0.2) is 23.3 Å². The predicted molar refractivity (Wildman–Crippen MR) is 71.6 cm³/mol. The Kier molecular flexibility index (Phi) is 3.30. The third kappa shape index (κ3) is 2.45. The van der Waals surface area contributed by atoms with E-state index >= 15 is 0 Å². The molecule has 0 aromatic carbocycles. The molecule has 2 aromatic rings. The molecular formula is C14H15F2N3O. The minimum absolute atomic E-state index is 0.0477. The first-order valence-electron chi connectivity index (χ1n) is 6.52. The molecule has 106 valence electrons. The monoisotopic (exact) mass is 279 g/mol. The number of furan rings is 1. The quantitative estimate of drug-likeness (QED) is 0.912. The van der Waals surface area contributed by atoms with Gasteiger partial charge in [-0.3, -0.25) is 0 Å². The first-order valence-corrected chi connectivity index (χ1v) is 6.52. The summed E-state index contributed by atoms with van der Waals surface area (Å²) in [6.07, 6.45) is 3.54. The van der Waals surface area contributed by atoms with Crippen molar-refractivity contribution in [1.82, 2.24) is 4.98 Å². The van der Waals surface area contributed by atoms with Crippen LogP contribution in [0.4, 0.5) is 20.4 Å². The fourth-order valence-corrected chi connectivity index (χ4v) is 2.17. The van der Waals surface area contributed by atoms with E-state index < -0.39 is 11.6 Å². The number of pyridine rings is 1. The van der Waals surface area contributed by atoms with E-state index in [2.05, 4.69) is 10.3 Å². The molecule has 3 rings (SSSR count). The molecule has 0 radical (unpaired) electrons. The van der Waals surface area contributed by atoms with Gasteiger partial charge in [0.1, 0.15) is 5.76 Å². The van der Waals surface area contributed by atoms with Gasteiger partial charge in [0.25, 0.3) is 0 Å². The second-order valence-electron chi connectivity index (χ2n) is 4.81. The van der Waals surface area contributed by atoms with Crippen molar-refractivity contribution >= 4 is 11.6 Å². The number of aromatic nitrogens is 1. The number of halogens is 2. The Morgan fingerprint density at radius 1 is 1.40 bits per heavy atom. The van der Waals surface area contributed by atoms with E-state index in [1.54, 1.807) is 19.4 Å². The maximum Gasteiger partial charge on any atom is 0.168 e. The smallest absolute Gasteiger partial charge is 0.168 e. The van der Waals surface area contributed by atoms with Crippen LogP contribution in [0, 0.1) is 11.6 Å². The summed E-state index contributed by atoms with van der Waals surface area (Å²) in [5.74, 6) is -0.406. The Hall–Kier alpha value is -2.11. The largest absolute Gasteiger partial charge is 0.467 e. The Morgan fingerprint density at radius 2 is 2.20 bits per heavy atom. The van der Waals surface area contributed by atoms with E-state index in [1.165, 1.54) is 0 Å². The van der Waals surface area contributed by atoms with Crippen molar-refractivity contribution in [3.05, 3.63) is 41.9 Å². The number of nitrogens with zero attached hydrogens (tertiary/aromatic N) is 2. The zero-order chi connectivity index (χ0) is 14.1. The summed E-state index contributed by atoms with van der Waals surface area (Å²) < 4.78 is 32.8. The molecule has 1 fully saturated rings. The van der Waals surface area contributed by atoms with Crippen LogP contribution in [0.1, 0.15) is 18.6 Å². The summed E-state index contributed by atoms with van der Waals surface area (Å²) >= 11 is 0. The molecule has 0 saturated heterocycles. The number of rotatable bonds is 5. The van der Waals surface area contributed by atoms with Gasteiger partial charge in [-0.1, -0.05) is 0 Å². The molecule has 0 bridgehead atoms. The van der Waals surface area contributed by atoms with Crippen molar-refractivity contribution in [2.75, 3.05) is 17.3 Å². The van der Waals surface area contributed by atoms with Crippen LogP contribution in [0.15, 0.2) is 28.9 Å². The van der Waals surface area contributed by atoms with Gasteiger partial charge in [-0.25, -0.2) is 13.8 Å². The van der Waals surface area contributed by atoms with Crippen molar-refractivity contribution in [2.45, 2.75) is 25.4 Å². The number of hydrogen-bond acceptors (Lipinski definition) is 4. The van der Waals surface area contributed by atoms with Crippen molar-refractivity contribution in [2.24, 2.45) is 0 Å². The maximum absolute atomic E-state index is 14.0. The summed E-state index contributed by atoms with van der Waals surface area (Å²) in [6.45, 7) is 0.427. The van der Waals surface area contributed by atoms with Gasteiger partial charge in [0.2, 0.25) is 0 Å². The van der Waals surface area contributed by atoms with Crippen LogP contribution >= 0.6 is 0 Å². The van der Waals surface area contributed by atoms with Crippen LogP contribution in [0.2, 0.25) is 0 Å². The summed E-state index contributed by atoms with van der Waals surface area (Å²) in [6, 6.07) is 4.72. The van der Waals surface area contributed by atoms with E-state index in [0.29, 0.717) is 6.54 Å². The molecule has 2 aromatic heterocycles. The number of anilines is 2. The van der Waals surface area contributed by atoms with Crippen LogP contribution in [-0.2, 0) is 6.54 Å². The van der Waals surface area contributed by atoms with Crippen molar-refractivity contribution in [1.29, 1.82) is 0 Å². The normalized spacial score (nSPS) is 14.3. The number of hydrogen-bond donors (Lipinski definition) is 1. The zero-order valence-electron chi connectivity index (χ0n) is 11.1. The highest BCUT2D eigenvalue weighted by molar-refractivity contribution is 5.50. The van der Waals surface area contributed by atoms with Crippen molar-refractivity contribution < 1.29 is 13.2 Å². The molecule has 0 atom stereocenters. The van der Waals surface area contributed by atoms with Gasteiger partial charge in [-0.2, -0.15) is 0 Å². The van der Waals surface area contributed by atoms with Gasteiger partial charge in [0, 0.05) is 19.2 Å². The Balaban J connectivity index is 1.94. The number of nitrogens with one attached hydrogen (secondary N) is 1.